The first kappa shape index (κ1) is 9.44. The van der Waals surface area contributed by atoms with Crippen LogP contribution in [0.15, 0.2) is 0 Å². The van der Waals surface area contributed by atoms with E-state index in [1.165, 1.54) is 6.42 Å². The summed E-state index contributed by atoms with van der Waals surface area (Å²) in [5, 5.41) is 0. The summed E-state index contributed by atoms with van der Waals surface area (Å²) in [5.74, 6) is 0. The van der Waals surface area contributed by atoms with Gasteiger partial charge in [0.15, 0.2) is 0 Å². The van der Waals surface area contributed by atoms with E-state index in [2.05, 4.69) is 18.7 Å². The van der Waals surface area contributed by atoms with Crippen LogP contribution in [0.4, 0.5) is 0 Å². The second kappa shape index (κ2) is 3.95. The first-order valence-corrected chi connectivity index (χ1v) is 5.32. The predicted octanol–water partition coefficient (Wildman–Crippen LogP) is 1.23. The van der Waals surface area contributed by atoms with Gasteiger partial charge in [-0.1, -0.05) is 13.8 Å². The van der Waals surface area contributed by atoms with Gasteiger partial charge >= 0.3 is 0 Å². The first-order valence-electron chi connectivity index (χ1n) is 5.32. The average molecular weight is 185 g/mol. The molecule has 2 rings (SSSR count). The Labute approximate surface area is 80.0 Å². The molecule has 3 heteroatoms. The van der Waals surface area contributed by atoms with Gasteiger partial charge in [-0.25, -0.2) is 0 Å². The van der Waals surface area contributed by atoms with Gasteiger partial charge in [0.25, 0.3) is 0 Å². The van der Waals surface area contributed by atoms with Crippen molar-refractivity contribution in [3.8, 4) is 0 Å². The highest BCUT2D eigenvalue weighted by atomic mass is 16.7. The van der Waals surface area contributed by atoms with Crippen molar-refractivity contribution in [1.82, 2.24) is 4.90 Å². The number of hydrogen-bond donors (Lipinski definition) is 0. The van der Waals surface area contributed by atoms with Crippen molar-refractivity contribution < 1.29 is 9.47 Å². The minimum atomic E-state index is 0.336. The normalized spacial score (nSPS) is 40.6. The summed E-state index contributed by atoms with van der Waals surface area (Å²) in [6.45, 7) is 7.16. The number of likely N-dealkylation sites (N-methyl/N-ethyl adjacent to an activating group) is 1. The molecule has 76 valence electrons. The summed E-state index contributed by atoms with van der Waals surface area (Å²) in [6.07, 6.45) is 3.07. The maximum absolute atomic E-state index is 5.53. The number of ether oxygens (including phenoxy) is 2. The SMILES string of the molecule is CCC1CC2OCOC2CN1CC. The lowest BCUT2D eigenvalue weighted by molar-refractivity contribution is 0.0162. The molecule has 2 saturated heterocycles. The van der Waals surface area contributed by atoms with E-state index in [0.29, 0.717) is 25.0 Å². The third kappa shape index (κ3) is 1.73. The Morgan fingerprint density at radius 3 is 2.69 bits per heavy atom. The third-order valence-corrected chi connectivity index (χ3v) is 3.29. The number of fused-ring (bicyclic) bond motifs is 1. The van der Waals surface area contributed by atoms with Crippen LogP contribution in [0.25, 0.3) is 0 Å². The van der Waals surface area contributed by atoms with Gasteiger partial charge < -0.3 is 9.47 Å². The topological polar surface area (TPSA) is 21.7 Å². The van der Waals surface area contributed by atoms with E-state index in [4.69, 9.17) is 9.47 Å². The van der Waals surface area contributed by atoms with E-state index < -0.39 is 0 Å². The molecule has 13 heavy (non-hydrogen) atoms. The Morgan fingerprint density at radius 2 is 2.00 bits per heavy atom. The molecule has 3 atom stereocenters. The zero-order valence-corrected chi connectivity index (χ0v) is 8.53. The monoisotopic (exact) mass is 185 g/mol. The Morgan fingerprint density at radius 1 is 1.23 bits per heavy atom. The molecule has 2 aliphatic heterocycles. The van der Waals surface area contributed by atoms with Gasteiger partial charge in [-0.2, -0.15) is 0 Å². The van der Waals surface area contributed by atoms with E-state index in [1.54, 1.807) is 0 Å². The van der Waals surface area contributed by atoms with Crippen LogP contribution in [0.5, 0.6) is 0 Å². The van der Waals surface area contributed by atoms with E-state index in [9.17, 15) is 0 Å². The maximum Gasteiger partial charge on any atom is 0.147 e. The quantitative estimate of drug-likeness (QED) is 0.646. The number of likely N-dealkylation sites (tertiary alicyclic amines) is 1. The maximum atomic E-state index is 5.53. The van der Waals surface area contributed by atoms with Crippen LogP contribution >= 0.6 is 0 Å². The van der Waals surface area contributed by atoms with E-state index >= 15 is 0 Å². The molecule has 0 saturated carbocycles. The lowest BCUT2D eigenvalue weighted by atomic mass is 9.95. The van der Waals surface area contributed by atoms with Gasteiger partial charge in [0.05, 0.1) is 12.2 Å². The van der Waals surface area contributed by atoms with Crippen molar-refractivity contribution in [1.29, 1.82) is 0 Å². The minimum absolute atomic E-state index is 0.336. The molecule has 3 nitrogen and oxygen atoms in total. The van der Waals surface area contributed by atoms with Gasteiger partial charge in [-0.05, 0) is 19.4 Å². The third-order valence-electron chi connectivity index (χ3n) is 3.29. The Bertz CT molecular complexity index is 156. The standard InChI is InChI=1S/C10H19NO2/c1-3-8-5-9-10(13-7-12-9)6-11(8)4-2/h8-10H,3-7H2,1-2H3. The molecule has 0 spiro atoms. The number of piperidine rings is 1. The van der Waals surface area contributed by atoms with Crippen molar-refractivity contribution in [2.24, 2.45) is 0 Å². The molecular weight excluding hydrogens is 166 g/mol. The Hall–Kier alpha value is -0.120. The number of rotatable bonds is 2. The smallest absolute Gasteiger partial charge is 0.147 e. The molecule has 0 aliphatic carbocycles. The summed E-state index contributed by atoms with van der Waals surface area (Å²) in [6, 6.07) is 0.702. The van der Waals surface area contributed by atoms with E-state index in [1.807, 2.05) is 0 Å². The predicted molar refractivity (Wildman–Crippen MR) is 50.6 cm³/mol. The van der Waals surface area contributed by atoms with Crippen LogP contribution in [0.2, 0.25) is 0 Å². The molecule has 0 N–H and O–H groups in total. The van der Waals surface area contributed by atoms with Crippen LogP contribution in [-0.2, 0) is 9.47 Å². The van der Waals surface area contributed by atoms with Crippen LogP contribution < -0.4 is 0 Å². The molecular formula is C10H19NO2. The molecule has 0 bridgehead atoms. The largest absolute Gasteiger partial charge is 0.349 e. The van der Waals surface area contributed by atoms with Gasteiger partial charge in [0.1, 0.15) is 6.79 Å². The summed E-state index contributed by atoms with van der Waals surface area (Å²) >= 11 is 0. The lowest BCUT2D eigenvalue weighted by Gasteiger charge is -2.39. The molecule has 2 aliphatic rings. The molecule has 0 aromatic heterocycles. The fourth-order valence-electron chi connectivity index (χ4n) is 2.43. The van der Waals surface area contributed by atoms with E-state index in [-0.39, 0.29) is 0 Å². The Kier molecular flexibility index (Phi) is 2.86. The van der Waals surface area contributed by atoms with Crippen molar-refractivity contribution in [3.63, 3.8) is 0 Å². The molecule has 2 fully saturated rings. The van der Waals surface area contributed by atoms with Gasteiger partial charge in [0.2, 0.25) is 0 Å². The highest BCUT2D eigenvalue weighted by molar-refractivity contribution is 4.89. The van der Waals surface area contributed by atoms with Crippen LogP contribution in [-0.4, -0.2) is 43.0 Å². The molecule has 0 aromatic carbocycles. The lowest BCUT2D eigenvalue weighted by Crippen LogP contribution is -2.50. The first-order chi connectivity index (χ1) is 6.35. The number of hydrogen-bond acceptors (Lipinski definition) is 3. The van der Waals surface area contributed by atoms with Gasteiger partial charge in [-0.15, -0.1) is 0 Å². The van der Waals surface area contributed by atoms with Crippen LogP contribution in [0, 0.1) is 0 Å². The molecule has 3 unspecified atom stereocenters. The summed E-state index contributed by atoms with van der Waals surface area (Å²) in [7, 11) is 0. The summed E-state index contributed by atoms with van der Waals surface area (Å²) < 4.78 is 11.1. The molecule has 2 heterocycles. The van der Waals surface area contributed by atoms with Crippen molar-refractivity contribution in [3.05, 3.63) is 0 Å². The van der Waals surface area contributed by atoms with Crippen molar-refractivity contribution in [2.45, 2.75) is 44.9 Å². The average Bonchev–Trinajstić information content (AvgIpc) is 2.62. The summed E-state index contributed by atoms with van der Waals surface area (Å²) in [5.41, 5.74) is 0. The molecule has 0 radical (unpaired) electrons. The Balaban J connectivity index is 1.99. The zero-order chi connectivity index (χ0) is 9.26. The fraction of sp³-hybridized carbons (Fsp3) is 1.00. The van der Waals surface area contributed by atoms with Gasteiger partial charge in [0, 0.05) is 12.6 Å². The minimum Gasteiger partial charge on any atom is -0.349 e. The van der Waals surface area contributed by atoms with Gasteiger partial charge in [-0.3, -0.25) is 4.90 Å². The highest BCUT2D eigenvalue weighted by Crippen LogP contribution is 2.27. The second-order valence-electron chi connectivity index (χ2n) is 3.91. The van der Waals surface area contributed by atoms with Crippen molar-refractivity contribution >= 4 is 0 Å². The zero-order valence-electron chi connectivity index (χ0n) is 8.53. The molecule has 0 amide bonds. The number of nitrogens with zero attached hydrogens (tertiary/aromatic N) is 1. The fourth-order valence-corrected chi connectivity index (χ4v) is 2.43. The van der Waals surface area contributed by atoms with E-state index in [0.717, 1.165) is 19.5 Å². The summed E-state index contributed by atoms with van der Waals surface area (Å²) in [4.78, 5) is 2.51. The second-order valence-corrected chi connectivity index (χ2v) is 3.91. The molecule has 0 aromatic rings. The van der Waals surface area contributed by atoms with Crippen molar-refractivity contribution in [2.75, 3.05) is 19.9 Å². The van der Waals surface area contributed by atoms with Crippen LogP contribution in [0.1, 0.15) is 26.7 Å². The van der Waals surface area contributed by atoms with Crippen LogP contribution in [0.3, 0.4) is 0 Å². The highest BCUT2D eigenvalue weighted by Gasteiger charge is 2.38.